The van der Waals surface area contributed by atoms with Gasteiger partial charge in [0, 0.05) is 30.3 Å². The normalized spacial score (nSPS) is 15.8. The molecule has 2 aromatic carbocycles. The van der Waals surface area contributed by atoms with Gasteiger partial charge in [0.1, 0.15) is 5.01 Å². The lowest BCUT2D eigenvalue weighted by atomic mass is 10.1. The third-order valence-electron chi connectivity index (χ3n) is 5.45. The average Bonchev–Trinajstić information content (AvgIpc) is 3.39. The summed E-state index contributed by atoms with van der Waals surface area (Å²) in [6.07, 6.45) is 0.384. The predicted octanol–water partition coefficient (Wildman–Crippen LogP) is 5.85. The van der Waals surface area contributed by atoms with E-state index in [-0.39, 0.29) is 23.5 Å². The highest BCUT2D eigenvalue weighted by molar-refractivity contribution is 7.99. The summed E-state index contributed by atoms with van der Waals surface area (Å²) in [6.45, 7) is 4.65. The molecule has 1 atom stereocenters. The third-order valence-corrected chi connectivity index (χ3v) is 8.19. The van der Waals surface area contributed by atoms with Gasteiger partial charge < -0.3 is 4.90 Å². The van der Waals surface area contributed by atoms with Gasteiger partial charge in [-0.15, -0.1) is 22.0 Å². The first-order valence-electron chi connectivity index (χ1n) is 10.3. The predicted molar refractivity (Wildman–Crippen MR) is 137 cm³/mol. The average molecular weight is 521 g/mol. The molecule has 1 aromatic heterocycles. The molecular formula is C23H22Cl2N4O2S2. The van der Waals surface area contributed by atoms with Crippen LogP contribution in [0.1, 0.15) is 34.0 Å². The van der Waals surface area contributed by atoms with E-state index in [0.717, 1.165) is 21.8 Å². The number of aromatic nitrogens is 2. The van der Waals surface area contributed by atoms with Crippen molar-refractivity contribution in [3.05, 3.63) is 68.1 Å². The molecule has 2 heterocycles. The van der Waals surface area contributed by atoms with Crippen molar-refractivity contribution in [3.8, 4) is 0 Å². The van der Waals surface area contributed by atoms with Crippen molar-refractivity contribution in [1.82, 2.24) is 10.2 Å². The highest BCUT2D eigenvalue weighted by Crippen LogP contribution is 2.35. The van der Waals surface area contributed by atoms with Gasteiger partial charge >= 0.3 is 0 Å². The van der Waals surface area contributed by atoms with E-state index in [0.29, 0.717) is 33.9 Å². The fourth-order valence-corrected chi connectivity index (χ4v) is 5.46. The highest BCUT2D eigenvalue weighted by atomic mass is 35.5. The second kappa shape index (κ2) is 10.4. The molecule has 1 saturated heterocycles. The van der Waals surface area contributed by atoms with Crippen LogP contribution in [0.4, 0.5) is 10.8 Å². The van der Waals surface area contributed by atoms with E-state index >= 15 is 0 Å². The molecule has 1 N–H and O–H groups in total. The summed E-state index contributed by atoms with van der Waals surface area (Å²) in [5, 5.41) is 13.4. The van der Waals surface area contributed by atoms with Crippen molar-refractivity contribution >= 4 is 68.9 Å². The lowest BCUT2D eigenvalue weighted by Crippen LogP contribution is -2.24. The number of hydrogen-bond donors (Lipinski definition) is 1. The Morgan fingerprint density at radius 1 is 1.15 bits per heavy atom. The molecule has 1 unspecified atom stereocenters. The Kier molecular flexibility index (Phi) is 7.58. The second-order valence-electron chi connectivity index (χ2n) is 7.91. The van der Waals surface area contributed by atoms with Crippen molar-refractivity contribution in [2.24, 2.45) is 0 Å². The Labute approximate surface area is 210 Å². The maximum Gasteiger partial charge on any atom is 0.236 e. The van der Waals surface area contributed by atoms with Crippen LogP contribution in [0.5, 0.6) is 0 Å². The number of nitrogens with one attached hydrogen (secondary N) is 1. The first kappa shape index (κ1) is 24.0. The summed E-state index contributed by atoms with van der Waals surface area (Å²) in [5.74, 6) is 0.804. The van der Waals surface area contributed by atoms with Crippen LogP contribution in [0.2, 0.25) is 10.0 Å². The zero-order chi connectivity index (χ0) is 23.5. The molecule has 0 spiro atoms. The van der Waals surface area contributed by atoms with Crippen LogP contribution < -0.4 is 10.2 Å². The van der Waals surface area contributed by atoms with Crippen LogP contribution in [0.3, 0.4) is 0 Å². The third kappa shape index (κ3) is 5.87. The first-order chi connectivity index (χ1) is 15.8. The van der Waals surface area contributed by atoms with Crippen LogP contribution in [-0.4, -0.2) is 34.3 Å². The number of carbonyl (C=O) groups excluding carboxylic acids is 2. The number of halogens is 2. The van der Waals surface area contributed by atoms with Crippen LogP contribution in [0.25, 0.3) is 0 Å². The van der Waals surface area contributed by atoms with Crippen molar-refractivity contribution in [3.63, 3.8) is 0 Å². The van der Waals surface area contributed by atoms with E-state index in [1.807, 2.05) is 31.2 Å². The summed E-state index contributed by atoms with van der Waals surface area (Å²) in [6, 6.07) is 11.5. The van der Waals surface area contributed by atoms with Crippen molar-refractivity contribution in [2.45, 2.75) is 31.9 Å². The van der Waals surface area contributed by atoms with Crippen LogP contribution in [0.15, 0.2) is 36.4 Å². The fraction of sp³-hybridized carbons (Fsp3) is 0.304. The number of anilines is 2. The maximum absolute atomic E-state index is 12.6. The molecule has 2 amide bonds. The SMILES string of the molecule is Cc1ccc(N2CC(c3nnc(NC(=O)CSCc4ccc(Cl)c(Cl)c4)s3)CC2=O)cc1C. The van der Waals surface area contributed by atoms with Crippen LogP contribution in [0, 0.1) is 13.8 Å². The molecule has 0 bridgehead atoms. The Morgan fingerprint density at radius 3 is 2.73 bits per heavy atom. The molecule has 6 nitrogen and oxygen atoms in total. The molecule has 172 valence electrons. The lowest BCUT2D eigenvalue weighted by molar-refractivity contribution is -0.117. The first-order valence-corrected chi connectivity index (χ1v) is 13.1. The van der Waals surface area contributed by atoms with Crippen LogP contribution in [-0.2, 0) is 15.3 Å². The Hall–Kier alpha value is -2.13. The largest absolute Gasteiger partial charge is 0.312 e. The number of benzene rings is 2. The van der Waals surface area contributed by atoms with E-state index < -0.39 is 0 Å². The van der Waals surface area contributed by atoms with Gasteiger partial charge in [0.25, 0.3) is 0 Å². The van der Waals surface area contributed by atoms with Gasteiger partial charge in [0.05, 0.1) is 15.8 Å². The fourth-order valence-electron chi connectivity index (χ4n) is 3.51. The van der Waals surface area contributed by atoms with Crippen molar-refractivity contribution < 1.29 is 9.59 Å². The molecule has 0 aliphatic carbocycles. The number of thioether (sulfide) groups is 1. The highest BCUT2D eigenvalue weighted by Gasteiger charge is 2.34. The summed E-state index contributed by atoms with van der Waals surface area (Å²) in [5.41, 5.74) is 4.26. The minimum atomic E-state index is -0.151. The Balaban J connectivity index is 1.30. The van der Waals surface area contributed by atoms with Gasteiger partial charge in [-0.3, -0.25) is 14.9 Å². The molecule has 4 rings (SSSR count). The van der Waals surface area contributed by atoms with Gasteiger partial charge in [0.2, 0.25) is 16.9 Å². The number of aryl methyl sites for hydroxylation is 2. The Bertz CT molecular complexity index is 1200. The Morgan fingerprint density at radius 2 is 1.97 bits per heavy atom. The summed E-state index contributed by atoms with van der Waals surface area (Å²) in [7, 11) is 0. The number of amides is 2. The smallest absolute Gasteiger partial charge is 0.236 e. The molecule has 1 aliphatic rings. The van der Waals surface area contributed by atoms with E-state index in [1.54, 1.807) is 17.0 Å². The van der Waals surface area contributed by atoms with Gasteiger partial charge in [0.15, 0.2) is 0 Å². The summed E-state index contributed by atoms with van der Waals surface area (Å²) < 4.78 is 0. The van der Waals surface area contributed by atoms with Crippen LogP contribution >= 0.6 is 46.3 Å². The molecule has 0 radical (unpaired) electrons. The second-order valence-corrected chi connectivity index (χ2v) is 10.7. The molecule has 1 fully saturated rings. The number of rotatable bonds is 7. The number of carbonyl (C=O) groups is 2. The molecule has 10 heteroatoms. The van der Waals surface area contributed by atoms with E-state index in [2.05, 4.69) is 22.4 Å². The van der Waals surface area contributed by atoms with Gasteiger partial charge in [-0.25, -0.2) is 0 Å². The van der Waals surface area contributed by atoms with Gasteiger partial charge in [-0.2, -0.15) is 0 Å². The molecular weight excluding hydrogens is 499 g/mol. The molecule has 3 aromatic rings. The van der Waals surface area contributed by atoms with Gasteiger partial charge in [-0.05, 0) is 54.8 Å². The minimum Gasteiger partial charge on any atom is -0.312 e. The van der Waals surface area contributed by atoms with Gasteiger partial charge in [-0.1, -0.05) is 46.7 Å². The molecule has 1 aliphatic heterocycles. The van der Waals surface area contributed by atoms with Crippen molar-refractivity contribution in [1.29, 1.82) is 0 Å². The minimum absolute atomic E-state index is 0.0358. The molecule has 0 saturated carbocycles. The van der Waals surface area contributed by atoms with E-state index in [4.69, 9.17) is 23.2 Å². The zero-order valence-corrected chi connectivity index (χ0v) is 21.2. The summed E-state index contributed by atoms with van der Waals surface area (Å²) >= 11 is 14.7. The van der Waals surface area contributed by atoms with E-state index in [1.165, 1.54) is 28.7 Å². The quantitative estimate of drug-likeness (QED) is 0.422. The van der Waals surface area contributed by atoms with Crippen molar-refractivity contribution in [2.75, 3.05) is 22.5 Å². The summed E-state index contributed by atoms with van der Waals surface area (Å²) in [4.78, 5) is 26.7. The lowest BCUT2D eigenvalue weighted by Gasteiger charge is -2.17. The maximum atomic E-state index is 12.6. The molecule has 33 heavy (non-hydrogen) atoms. The number of hydrogen-bond acceptors (Lipinski definition) is 6. The van der Waals surface area contributed by atoms with E-state index in [9.17, 15) is 9.59 Å². The standard InChI is InChI=1S/C23H22Cl2N4O2S2/c1-13-3-5-17(7-14(13)2)29-10-16(9-21(29)31)22-27-28-23(33-22)26-20(30)12-32-11-15-4-6-18(24)19(25)8-15/h3-8,16H,9-12H2,1-2H3,(H,26,28,30). The topological polar surface area (TPSA) is 75.2 Å². The zero-order valence-electron chi connectivity index (χ0n) is 18.1. The number of nitrogens with zero attached hydrogens (tertiary/aromatic N) is 3. The monoisotopic (exact) mass is 520 g/mol.